The Labute approximate surface area is 286 Å². The van der Waals surface area contributed by atoms with Crippen LogP contribution in [-0.4, -0.2) is 75.7 Å². The van der Waals surface area contributed by atoms with Crippen molar-refractivity contribution in [3.63, 3.8) is 0 Å². The van der Waals surface area contributed by atoms with E-state index in [1.54, 1.807) is 0 Å². The number of aliphatic carboxylic acids is 1. The van der Waals surface area contributed by atoms with Crippen LogP contribution in [0, 0.1) is 5.92 Å². The van der Waals surface area contributed by atoms with E-state index in [0.29, 0.717) is 25.0 Å². The lowest BCUT2D eigenvalue weighted by atomic mass is 10.00. The summed E-state index contributed by atoms with van der Waals surface area (Å²) in [5.41, 5.74) is 2.03. The first-order chi connectivity index (χ1) is 23.7. The van der Waals surface area contributed by atoms with Crippen LogP contribution >= 0.6 is 0 Å². The smallest absolute Gasteiger partial charge is 0.407 e. The van der Waals surface area contributed by atoms with Gasteiger partial charge in [0.05, 0.1) is 24.4 Å². The van der Waals surface area contributed by atoms with Gasteiger partial charge in [-0.25, -0.2) is 14.6 Å². The Bertz CT molecular complexity index is 1730. The van der Waals surface area contributed by atoms with Gasteiger partial charge in [-0.05, 0) is 50.2 Å². The van der Waals surface area contributed by atoms with Crippen LogP contribution in [0.2, 0.25) is 0 Å². The summed E-state index contributed by atoms with van der Waals surface area (Å²) in [5.74, 6) is -1.98. The highest BCUT2D eigenvalue weighted by molar-refractivity contribution is 5.96. The van der Waals surface area contributed by atoms with E-state index in [4.69, 9.17) is 14.5 Å². The molecule has 49 heavy (non-hydrogen) atoms. The fourth-order valence-electron chi connectivity index (χ4n) is 7.06. The molecule has 6 rings (SSSR count). The number of unbranched alkanes of at least 4 members (excludes halogenated alkanes) is 1. The summed E-state index contributed by atoms with van der Waals surface area (Å²) in [5, 5.41) is 16.4. The Hall–Kier alpha value is -4.93. The number of fused-ring (bicyclic) bond motifs is 2. The molecule has 2 bridgehead atoms. The first kappa shape index (κ1) is 34.0. The van der Waals surface area contributed by atoms with Gasteiger partial charge in [-0.2, -0.15) is 0 Å². The molecule has 3 heterocycles. The normalized spacial score (nSPS) is 25.8. The van der Waals surface area contributed by atoms with Crippen molar-refractivity contribution in [2.75, 3.05) is 13.2 Å². The third-order valence-electron chi connectivity index (χ3n) is 9.88. The Morgan fingerprint density at radius 2 is 1.96 bits per heavy atom. The van der Waals surface area contributed by atoms with Gasteiger partial charge < -0.3 is 30.1 Å². The van der Waals surface area contributed by atoms with Crippen LogP contribution in [0.15, 0.2) is 67.3 Å². The third kappa shape index (κ3) is 7.25. The molecule has 11 nitrogen and oxygen atoms in total. The Morgan fingerprint density at radius 1 is 1.14 bits per heavy atom. The largest absolute Gasteiger partial charge is 0.488 e. The van der Waals surface area contributed by atoms with E-state index < -0.39 is 53.5 Å². The fraction of sp³-hybridized carbons (Fsp3) is 0.447. The molecule has 2 aromatic carbocycles. The lowest BCUT2D eigenvalue weighted by Gasteiger charge is -2.29. The summed E-state index contributed by atoms with van der Waals surface area (Å²) in [4.78, 5) is 59.8. The molecule has 3 N–H and O–H groups in total. The molecular formula is C38H44N4O7. The van der Waals surface area contributed by atoms with Crippen molar-refractivity contribution in [2.45, 2.75) is 88.4 Å². The Kier molecular flexibility index (Phi) is 10.2. The predicted octanol–water partition coefficient (Wildman–Crippen LogP) is 5.41. The first-order valence-corrected chi connectivity index (χ1v) is 17.3. The van der Waals surface area contributed by atoms with Gasteiger partial charge >= 0.3 is 12.1 Å². The van der Waals surface area contributed by atoms with E-state index in [0.717, 1.165) is 53.4 Å². The van der Waals surface area contributed by atoms with Crippen LogP contribution in [0.3, 0.4) is 0 Å². The summed E-state index contributed by atoms with van der Waals surface area (Å²) in [6.07, 6.45) is 5.53. The van der Waals surface area contributed by atoms with Crippen molar-refractivity contribution in [3.8, 4) is 17.0 Å². The average Bonchev–Trinajstić information content (AvgIpc) is 3.67. The van der Waals surface area contributed by atoms with E-state index in [9.17, 15) is 24.3 Å². The lowest BCUT2D eigenvalue weighted by Crippen LogP contribution is -2.56. The summed E-state index contributed by atoms with van der Waals surface area (Å²) < 4.78 is 12.3. The number of carboxylic acids is 1. The van der Waals surface area contributed by atoms with Gasteiger partial charge in [-0.1, -0.05) is 68.3 Å². The molecular weight excluding hydrogens is 624 g/mol. The number of aromatic nitrogens is 1. The maximum Gasteiger partial charge on any atom is 0.407 e. The second kappa shape index (κ2) is 14.7. The zero-order valence-electron chi connectivity index (χ0n) is 27.9. The minimum atomic E-state index is -1.47. The van der Waals surface area contributed by atoms with Gasteiger partial charge in [0.1, 0.15) is 29.5 Å². The molecule has 2 fully saturated rings. The topological polar surface area (TPSA) is 147 Å². The minimum Gasteiger partial charge on any atom is -0.488 e. The van der Waals surface area contributed by atoms with Gasteiger partial charge in [0.2, 0.25) is 11.8 Å². The Morgan fingerprint density at radius 3 is 2.69 bits per heavy atom. The van der Waals surface area contributed by atoms with Gasteiger partial charge in [-0.15, -0.1) is 6.58 Å². The molecule has 258 valence electrons. The van der Waals surface area contributed by atoms with Crippen LogP contribution in [-0.2, 0) is 25.5 Å². The van der Waals surface area contributed by atoms with E-state index in [2.05, 4.69) is 23.3 Å². The number of alkyl carbamates (subject to hydrolysis) is 1. The van der Waals surface area contributed by atoms with Crippen LogP contribution < -0.4 is 15.4 Å². The molecule has 0 radical (unpaired) electrons. The molecule has 11 heteroatoms. The number of pyridine rings is 1. The third-order valence-corrected chi connectivity index (χ3v) is 9.88. The monoisotopic (exact) mass is 668 g/mol. The number of hydrogen-bond donors (Lipinski definition) is 3. The maximum atomic E-state index is 14.3. The number of carbonyl (C=O) groups is 4. The van der Waals surface area contributed by atoms with Crippen molar-refractivity contribution in [1.82, 2.24) is 20.5 Å². The van der Waals surface area contributed by atoms with E-state index in [1.165, 1.54) is 11.0 Å². The Balaban J connectivity index is 1.40. The SMILES string of the molecule is C=C[C@@H]1C[C@]1(NC(=O)[C@@H]1C[C@@H]2CN1C(=O)[C@H](CCCC)NC(=O)OCCCCCc1cccc3nc(-c4ccccc4)cc(c13)O2)C(=O)O. The molecule has 3 aromatic rings. The minimum absolute atomic E-state index is 0.0634. The van der Waals surface area contributed by atoms with Gasteiger partial charge in [-0.3, -0.25) is 9.59 Å². The second-order valence-electron chi connectivity index (χ2n) is 13.3. The number of rotatable bonds is 8. The molecule has 3 amide bonds. The number of amides is 3. The molecule has 1 saturated carbocycles. The number of ether oxygens (including phenoxy) is 2. The average molecular weight is 669 g/mol. The van der Waals surface area contributed by atoms with Crippen LogP contribution in [0.25, 0.3) is 22.2 Å². The van der Waals surface area contributed by atoms with Gasteiger partial charge in [0, 0.05) is 29.4 Å². The zero-order valence-corrected chi connectivity index (χ0v) is 27.9. The van der Waals surface area contributed by atoms with Crippen molar-refractivity contribution in [1.29, 1.82) is 0 Å². The van der Waals surface area contributed by atoms with E-state index in [1.807, 2.05) is 55.5 Å². The van der Waals surface area contributed by atoms with Crippen LogP contribution in [0.5, 0.6) is 5.75 Å². The number of carbonyl (C=O) groups excluding carboxylic acids is 3. The number of cyclic esters (lactones) is 1. The zero-order chi connectivity index (χ0) is 34.5. The van der Waals surface area contributed by atoms with Crippen molar-refractivity contribution >= 4 is 34.8 Å². The molecule has 0 spiro atoms. The summed E-state index contributed by atoms with van der Waals surface area (Å²) in [6.45, 7) is 5.99. The van der Waals surface area contributed by atoms with Crippen molar-refractivity contribution < 1.29 is 33.8 Å². The van der Waals surface area contributed by atoms with E-state index >= 15 is 0 Å². The van der Waals surface area contributed by atoms with Crippen molar-refractivity contribution in [3.05, 3.63) is 72.8 Å². The van der Waals surface area contributed by atoms with Crippen LogP contribution in [0.4, 0.5) is 4.79 Å². The molecule has 1 saturated heterocycles. The molecule has 2 aliphatic heterocycles. The molecule has 3 aliphatic rings. The number of benzene rings is 2. The fourth-order valence-corrected chi connectivity index (χ4v) is 7.06. The number of hydrogen-bond acceptors (Lipinski definition) is 7. The number of nitrogens with zero attached hydrogens (tertiary/aromatic N) is 2. The second-order valence-corrected chi connectivity index (χ2v) is 13.3. The molecule has 0 unspecified atom stereocenters. The quantitative estimate of drug-likeness (QED) is 0.270. The summed E-state index contributed by atoms with van der Waals surface area (Å²) in [7, 11) is 0. The molecule has 5 atom stereocenters. The highest BCUT2D eigenvalue weighted by atomic mass is 16.5. The maximum absolute atomic E-state index is 14.3. The number of nitrogens with one attached hydrogen (secondary N) is 2. The van der Waals surface area contributed by atoms with Crippen molar-refractivity contribution in [2.24, 2.45) is 5.92 Å². The highest BCUT2D eigenvalue weighted by Gasteiger charge is 2.61. The van der Waals surface area contributed by atoms with E-state index in [-0.39, 0.29) is 26.0 Å². The summed E-state index contributed by atoms with van der Waals surface area (Å²) in [6, 6.07) is 15.8. The number of aryl methyl sites for hydroxylation is 1. The first-order valence-electron chi connectivity index (χ1n) is 17.3. The molecule has 1 aromatic heterocycles. The predicted molar refractivity (Wildman–Crippen MR) is 184 cm³/mol. The molecule has 1 aliphatic carbocycles. The highest BCUT2D eigenvalue weighted by Crippen LogP contribution is 2.45. The van der Waals surface area contributed by atoms with Gasteiger partial charge in [0.25, 0.3) is 0 Å². The van der Waals surface area contributed by atoms with Crippen LogP contribution in [0.1, 0.15) is 63.9 Å². The number of carboxylic acid groups (broad SMARTS) is 1. The lowest BCUT2D eigenvalue weighted by molar-refractivity contribution is -0.145. The van der Waals surface area contributed by atoms with Gasteiger partial charge in [0.15, 0.2) is 0 Å². The standard InChI is InChI=1S/C38H44N4O7/c1-3-5-17-29-35(44)42-23-27(20-31(42)34(43)41-38(36(45)46)22-26(38)4-2)49-32-21-30(24-13-8-6-9-14-24)39-28-18-12-16-25(33(28)32)15-10-7-11-19-48-37(47)40-29/h4,6,8-9,12-14,16,18,21,26-27,29,31H,2-3,5,7,10-11,15,17,19-20,22-23H2,1H3,(H,40,47)(H,41,43)(H,45,46)/t26-,27-,29+,31+,38-/m1/s1. The summed E-state index contributed by atoms with van der Waals surface area (Å²) >= 11 is 0.